The van der Waals surface area contributed by atoms with Gasteiger partial charge in [-0.1, -0.05) is 18.2 Å². The number of hydrogen-bond donors (Lipinski definition) is 0. The molecule has 0 radical (unpaired) electrons. The SMILES string of the molecule is ClC(Cc1ccnc2ccccc12)C1CC1. The van der Waals surface area contributed by atoms with Crippen molar-refractivity contribution < 1.29 is 0 Å². The zero-order valence-corrected chi connectivity index (χ0v) is 9.82. The highest BCUT2D eigenvalue weighted by atomic mass is 35.5. The molecule has 1 nitrogen and oxygen atoms in total. The van der Waals surface area contributed by atoms with Crippen molar-refractivity contribution in [3.05, 3.63) is 42.1 Å². The third kappa shape index (κ3) is 1.92. The maximum Gasteiger partial charge on any atom is 0.0704 e. The largest absolute Gasteiger partial charge is 0.256 e. The fourth-order valence-corrected chi connectivity index (χ4v) is 2.59. The molecule has 1 aromatic carbocycles. The summed E-state index contributed by atoms with van der Waals surface area (Å²) in [4.78, 5) is 4.37. The summed E-state index contributed by atoms with van der Waals surface area (Å²) < 4.78 is 0. The Morgan fingerprint density at radius 2 is 2.06 bits per heavy atom. The first-order valence-electron chi connectivity index (χ1n) is 5.81. The summed E-state index contributed by atoms with van der Waals surface area (Å²) in [5.74, 6) is 0.744. The molecule has 1 aromatic heterocycles. The van der Waals surface area contributed by atoms with Gasteiger partial charge in [-0.2, -0.15) is 0 Å². The van der Waals surface area contributed by atoms with E-state index in [4.69, 9.17) is 11.6 Å². The van der Waals surface area contributed by atoms with Crippen molar-refractivity contribution in [1.29, 1.82) is 0 Å². The second kappa shape index (κ2) is 4.06. The van der Waals surface area contributed by atoms with E-state index in [-0.39, 0.29) is 0 Å². The normalized spacial score (nSPS) is 17.6. The van der Waals surface area contributed by atoms with Gasteiger partial charge in [0.25, 0.3) is 0 Å². The van der Waals surface area contributed by atoms with E-state index in [0.29, 0.717) is 5.38 Å². The van der Waals surface area contributed by atoms with Gasteiger partial charge in [0.2, 0.25) is 0 Å². The van der Waals surface area contributed by atoms with Crippen LogP contribution in [0, 0.1) is 5.92 Å². The number of halogens is 1. The molecule has 1 unspecified atom stereocenters. The molecule has 1 atom stereocenters. The number of alkyl halides is 1. The molecule has 3 rings (SSSR count). The Hall–Kier alpha value is -1.08. The molecule has 0 N–H and O–H groups in total. The minimum atomic E-state index is 0.297. The first kappa shape index (κ1) is 10.1. The standard InChI is InChI=1S/C14H14ClN/c15-13(10-5-6-10)9-11-7-8-16-14-4-2-1-3-12(11)14/h1-4,7-8,10,13H,5-6,9H2. The summed E-state index contributed by atoms with van der Waals surface area (Å²) >= 11 is 6.39. The van der Waals surface area contributed by atoms with Crippen molar-refractivity contribution in [2.24, 2.45) is 5.92 Å². The number of benzene rings is 1. The van der Waals surface area contributed by atoms with E-state index in [1.165, 1.54) is 23.8 Å². The lowest BCUT2D eigenvalue weighted by atomic mass is 10.0. The van der Waals surface area contributed by atoms with E-state index >= 15 is 0 Å². The fourth-order valence-electron chi connectivity index (χ4n) is 2.17. The predicted molar refractivity (Wildman–Crippen MR) is 67.8 cm³/mol. The zero-order valence-electron chi connectivity index (χ0n) is 9.07. The van der Waals surface area contributed by atoms with Gasteiger partial charge in [-0.3, -0.25) is 4.98 Å². The molecule has 0 amide bonds. The molecule has 0 spiro atoms. The van der Waals surface area contributed by atoms with Gasteiger partial charge in [0.15, 0.2) is 0 Å². The molecule has 1 aliphatic carbocycles. The number of fused-ring (bicyclic) bond motifs is 1. The van der Waals surface area contributed by atoms with Crippen LogP contribution in [0.3, 0.4) is 0 Å². The topological polar surface area (TPSA) is 12.9 Å². The van der Waals surface area contributed by atoms with Crippen molar-refractivity contribution in [3.63, 3.8) is 0 Å². The van der Waals surface area contributed by atoms with Crippen LogP contribution in [0.15, 0.2) is 36.5 Å². The van der Waals surface area contributed by atoms with Gasteiger partial charge in [-0.15, -0.1) is 11.6 Å². The van der Waals surface area contributed by atoms with Gasteiger partial charge in [-0.05, 0) is 42.9 Å². The van der Waals surface area contributed by atoms with Gasteiger partial charge in [-0.25, -0.2) is 0 Å². The van der Waals surface area contributed by atoms with Crippen molar-refractivity contribution in [1.82, 2.24) is 4.98 Å². The summed E-state index contributed by atoms with van der Waals surface area (Å²) in [6, 6.07) is 10.4. The quantitative estimate of drug-likeness (QED) is 0.733. The van der Waals surface area contributed by atoms with Crippen molar-refractivity contribution in [2.45, 2.75) is 24.6 Å². The molecule has 2 aromatic rings. The third-order valence-electron chi connectivity index (χ3n) is 3.29. The molecular weight excluding hydrogens is 218 g/mol. The highest BCUT2D eigenvalue weighted by Crippen LogP contribution is 2.37. The summed E-state index contributed by atoms with van der Waals surface area (Å²) in [6.07, 6.45) is 5.46. The molecule has 1 saturated carbocycles. The van der Waals surface area contributed by atoms with E-state index in [2.05, 4.69) is 29.2 Å². The van der Waals surface area contributed by atoms with Crippen molar-refractivity contribution in [3.8, 4) is 0 Å². The smallest absolute Gasteiger partial charge is 0.0704 e. The van der Waals surface area contributed by atoms with Gasteiger partial charge >= 0.3 is 0 Å². The molecule has 82 valence electrons. The number of hydrogen-bond acceptors (Lipinski definition) is 1. The van der Waals surface area contributed by atoms with E-state index in [1.807, 2.05) is 12.3 Å². The average Bonchev–Trinajstić information content (AvgIpc) is 3.13. The highest BCUT2D eigenvalue weighted by molar-refractivity contribution is 6.21. The van der Waals surface area contributed by atoms with Crippen LogP contribution < -0.4 is 0 Å². The van der Waals surface area contributed by atoms with Crippen LogP contribution in [0.4, 0.5) is 0 Å². The Labute approximate surface area is 100 Å². The lowest BCUT2D eigenvalue weighted by Gasteiger charge is -2.10. The van der Waals surface area contributed by atoms with Crippen LogP contribution in [-0.2, 0) is 6.42 Å². The number of para-hydroxylation sites is 1. The summed E-state index contributed by atoms with van der Waals surface area (Å²) in [5, 5.41) is 1.54. The van der Waals surface area contributed by atoms with Crippen molar-refractivity contribution >= 4 is 22.5 Å². The summed E-state index contributed by atoms with van der Waals surface area (Å²) in [5.41, 5.74) is 2.40. The average molecular weight is 232 g/mol. The number of pyridine rings is 1. The molecule has 0 bridgehead atoms. The summed E-state index contributed by atoms with van der Waals surface area (Å²) in [7, 11) is 0. The lowest BCUT2D eigenvalue weighted by molar-refractivity contribution is 0.740. The van der Waals surface area contributed by atoms with Crippen molar-refractivity contribution in [2.75, 3.05) is 0 Å². The maximum absolute atomic E-state index is 6.39. The van der Waals surface area contributed by atoms with Gasteiger partial charge in [0.05, 0.1) is 5.52 Å². The van der Waals surface area contributed by atoms with Gasteiger partial charge in [0.1, 0.15) is 0 Å². The Kier molecular flexibility index (Phi) is 2.56. The zero-order chi connectivity index (χ0) is 11.0. The molecule has 0 saturated heterocycles. The first-order valence-corrected chi connectivity index (χ1v) is 6.25. The summed E-state index contributed by atoms with van der Waals surface area (Å²) in [6.45, 7) is 0. The van der Waals surface area contributed by atoms with Crippen LogP contribution in [0.2, 0.25) is 0 Å². The molecule has 1 aliphatic rings. The third-order valence-corrected chi connectivity index (χ3v) is 3.80. The number of aromatic nitrogens is 1. The Morgan fingerprint density at radius 3 is 2.88 bits per heavy atom. The molecule has 1 fully saturated rings. The van der Waals surface area contributed by atoms with Crippen LogP contribution in [0.5, 0.6) is 0 Å². The van der Waals surface area contributed by atoms with E-state index in [9.17, 15) is 0 Å². The molecule has 1 heterocycles. The van der Waals surface area contributed by atoms with Crippen LogP contribution >= 0.6 is 11.6 Å². The number of rotatable bonds is 3. The molecule has 0 aliphatic heterocycles. The van der Waals surface area contributed by atoms with Gasteiger partial charge in [0, 0.05) is 17.0 Å². The van der Waals surface area contributed by atoms with E-state index < -0.39 is 0 Å². The second-order valence-electron chi connectivity index (χ2n) is 4.54. The Morgan fingerprint density at radius 1 is 1.25 bits per heavy atom. The van der Waals surface area contributed by atoms with Crippen LogP contribution in [-0.4, -0.2) is 10.4 Å². The minimum Gasteiger partial charge on any atom is -0.256 e. The fraction of sp³-hybridized carbons (Fsp3) is 0.357. The maximum atomic E-state index is 6.39. The monoisotopic (exact) mass is 231 g/mol. The molecule has 2 heteroatoms. The Bertz CT molecular complexity index is 500. The molecule has 16 heavy (non-hydrogen) atoms. The lowest BCUT2D eigenvalue weighted by Crippen LogP contribution is -2.06. The highest BCUT2D eigenvalue weighted by Gasteiger charge is 2.29. The van der Waals surface area contributed by atoms with Crippen LogP contribution in [0.25, 0.3) is 10.9 Å². The first-order chi connectivity index (χ1) is 7.84. The van der Waals surface area contributed by atoms with Crippen LogP contribution in [0.1, 0.15) is 18.4 Å². The van der Waals surface area contributed by atoms with E-state index in [0.717, 1.165) is 17.9 Å². The molecular formula is C14H14ClN. The van der Waals surface area contributed by atoms with E-state index in [1.54, 1.807) is 0 Å². The predicted octanol–water partition coefficient (Wildman–Crippen LogP) is 3.79. The second-order valence-corrected chi connectivity index (χ2v) is 5.11. The minimum absolute atomic E-state index is 0.297. The number of nitrogens with zero attached hydrogens (tertiary/aromatic N) is 1. The van der Waals surface area contributed by atoms with Gasteiger partial charge < -0.3 is 0 Å². The Balaban J connectivity index is 1.95.